The third-order valence-corrected chi connectivity index (χ3v) is 2.38. The Hall–Kier alpha value is -0.780. The fraction of sp³-hybridized carbons (Fsp3) is 0.538. The highest BCUT2D eigenvalue weighted by atomic mass is 14.2. The molecule has 0 aliphatic rings. The first kappa shape index (κ1) is 10.3. The molecule has 0 saturated heterocycles. The van der Waals surface area contributed by atoms with Gasteiger partial charge in [-0.05, 0) is 29.9 Å². The maximum absolute atomic E-state index is 3.13. The molecule has 1 rings (SSSR count). The first-order chi connectivity index (χ1) is 6.14. The van der Waals surface area contributed by atoms with Crippen LogP contribution < -0.4 is 0 Å². The average Bonchev–Trinajstić information content (AvgIpc) is 2.04. The van der Waals surface area contributed by atoms with E-state index < -0.39 is 0 Å². The molecule has 0 aromatic heterocycles. The normalized spacial score (nSPS) is 11.6. The first-order valence-electron chi connectivity index (χ1n) is 5.09. The average molecular weight is 175 g/mol. The highest BCUT2D eigenvalue weighted by molar-refractivity contribution is 5.15. The van der Waals surface area contributed by atoms with Crippen LogP contribution in [-0.2, 0) is 6.42 Å². The van der Waals surface area contributed by atoms with Crippen molar-refractivity contribution in [2.24, 2.45) is 5.41 Å². The van der Waals surface area contributed by atoms with E-state index >= 15 is 0 Å². The number of benzene rings is 1. The maximum Gasteiger partial charge on any atom is -0.0181 e. The number of rotatable bonds is 4. The lowest BCUT2D eigenvalue weighted by molar-refractivity contribution is 0.329. The second-order valence-corrected chi connectivity index (χ2v) is 4.50. The Morgan fingerprint density at radius 2 is 2.15 bits per heavy atom. The summed E-state index contributed by atoms with van der Waals surface area (Å²) in [7, 11) is 0. The van der Waals surface area contributed by atoms with Gasteiger partial charge in [-0.2, -0.15) is 0 Å². The van der Waals surface area contributed by atoms with Gasteiger partial charge in [0.1, 0.15) is 0 Å². The van der Waals surface area contributed by atoms with E-state index in [1.165, 1.54) is 18.4 Å². The van der Waals surface area contributed by atoms with E-state index in [0.717, 1.165) is 6.42 Å². The third-order valence-electron chi connectivity index (χ3n) is 2.38. The van der Waals surface area contributed by atoms with Crippen LogP contribution in [0, 0.1) is 11.5 Å². The van der Waals surface area contributed by atoms with Crippen molar-refractivity contribution in [3.05, 3.63) is 35.9 Å². The van der Waals surface area contributed by atoms with Gasteiger partial charge in [0.2, 0.25) is 0 Å². The van der Waals surface area contributed by atoms with E-state index in [4.69, 9.17) is 0 Å². The largest absolute Gasteiger partial charge is 0.0654 e. The van der Waals surface area contributed by atoms with Crippen LogP contribution in [0.5, 0.6) is 0 Å². The molecule has 0 nitrogen and oxygen atoms in total. The van der Waals surface area contributed by atoms with Gasteiger partial charge in [0.15, 0.2) is 0 Å². The minimum atomic E-state index is 0.434. The molecule has 0 fully saturated rings. The summed E-state index contributed by atoms with van der Waals surface area (Å²) < 4.78 is 0. The fourth-order valence-corrected chi connectivity index (χ4v) is 1.86. The van der Waals surface area contributed by atoms with Gasteiger partial charge in [-0.3, -0.25) is 0 Å². The van der Waals surface area contributed by atoms with Crippen molar-refractivity contribution in [1.82, 2.24) is 0 Å². The van der Waals surface area contributed by atoms with Crippen molar-refractivity contribution in [3.63, 3.8) is 0 Å². The Morgan fingerprint density at radius 3 is 2.69 bits per heavy atom. The van der Waals surface area contributed by atoms with Crippen molar-refractivity contribution < 1.29 is 0 Å². The predicted molar refractivity (Wildman–Crippen MR) is 57.7 cm³/mol. The molecule has 0 unspecified atom stereocenters. The summed E-state index contributed by atoms with van der Waals surface area (Å²) >= 11 is 0. The third kappa shape index (κ3) is 3.63. The molecular formula is C13H19. The van der Waals surface area contributed by atoms with Crippen molar-refractivity contribution >= 4 is 0 Å². The molecule has 1 radical (unpaired) electrons. The van der Waals surface area contributed by atoms with Crippen molar-refractivity contribution in [2.75, 3.05) is 0 Å². The summed E-state index contributed by atoms with van der Waals surface area (Å²) in [6, 6.07) is 11.4. The minimum Gasteiger partial charge on any atom is -0.0654 e. The zero-order chi connectivity index (χ0) is 9.73. The van der Waals surface area contributed by atoms with Crippen molar-refractivity contribution in [1.29, 1.82) is 0 Å². The van der Waals surface area contributed by atoms with Crippen LogP contribution in [0.2, 0.25) is 0 Å². The zero-order valence-electron chi connectivity index (χ0n) is 8.93. The molecule has 1 aromatic rings. The number of hydrogen-bond donors (Lipinski definition) is 0. The highest BCUT2D eigenvalue weighted by Crippen LogP contribution is 2.26. The molecule has 0 heterocycles. The van der Waals surface area contributed by atoms with Crippen LogP contribution in [0.4, 0.5) is 0 Å². The topological polar surface area (TPSA) is 0 Å². The van der Waals surface area contributed by atoms with Gasteiger partial charge in [-0.25, -0.2) is 0 Å². The predicted octanol–water partition coefficient (Wildman–Crippen LogP) is 3.86. The van der Waals surface area contributed by atoms with Gasteiger partial charge in [0.05, 0.1) is 0 Å². The van der Waals surface area contributed by atoms with E-state index in [1.54, 1.807) is 0 Å². The lowest BCUT2D eigenvalue weighted by Crippen LogP contribution is -2.14. The lowest BCUT2D eigenvalue weighted by atomic mass is 9.82. The van der Waals surface area contributed by atoms with Gasteiger partial charge in [-0.1, -0.05) is 51.5 Å². The summed E-state index contributed by atoms with van der Waals surface area (Å²) in [6.45, 7) is 6.92. The molecule has 13 heavy (non-hydrogen) atoms. The van der Waals surface area contributed by atoms with E-state index in [9.17, 15) is 0 Å². The highest BCUT2D eigenvalue weighted by Gasteiger charge is 2.16. The van der Waals surface area contributed by atoms with E-state index in [2.05, 4.69) is 45.0 Å². The fourth-order valence-electron chi connectivity index (χ4n) is 1.86. The molecule has 0 bridgehead atoms. The second kappa shape index (κ2) is 4.45. The van der Waals surface area contributed by atoms with Crippen LogP contribution in [0.3, 0.4) is 0 Å². The first-order valence-corrected chi connectivity index (χ1v) is 5.09. The van der Waals surface area contributed by atoms with Gasteiger partial charge in [0, 0.05) is 0 Å². The molecule has 0 amide bonds. The van der Waals surface area contributed by atoms with Crippen LogP contribution in [-0.4, -0.2) is 0 Å². The number of hydrogen-bond acceptors (Lipinski definition) is 0. The van der Waals surface area contributed by atoms with Crippen LogP contribution in [0.15, 0.2) is 24.3 Å². The van der Waals surface area contributed by atoms with Crippen molar-refractivity contribution in [2.45, 2.75) is 40.0 Å². The van der Waals surface area contributed by atoms with Crippen LogP contribution in [0.1, 0.15) is 39.2 Å². The smallest absolute Gasteiger partial charge is 0.0181 e. The zero-order valence-corrected chi connectivity index (χ0v) is 8.93. The molecule has 0 aliphatic heterocycles. The summed E-state index contributed by atoms with van der Waals surface area (Å²) in [5.74, 6) is 0. The van der Waals surface area contributed by atoms with Gasteiger partial charge >= 0.3 is 0 Å². The molecule has 0 spiro atoms. The standard InChI is InChI=1S/C13H19/c1-4-10-13(2,3)11-12-8-6-5-7-9-12/h5-6,8-9H,4,10-11H2,1-3H3. The quantitative estimate of drug-likeness (QED) is 0.652. The molecule has 0 atom stereocenters. The molecular weight excluding hydrogens is 156 g/mol. The molecule has 71 valence electrons. The molecule has 0 aliphatic carbocycles. The Labute approximate surface area is 82.0 Å². The van der Waals surface area contributed by atoms with Gasteiger partial charge < -0.3 is 0 Å². The van der Waals surface area contributed by atoms with Gasteiger partial charge in [0.25, 0.3) is 0 Å². The van der Waals surface area contributed by atoms with Crippen LogP contribution in [0.25, 0.3) is 0 Å². The monoisotopic (exact) mass is 175 g/mol. The molecule has 0 heteroatoms. The SMILES string of the molecule is CCCC(C)(C)Cc1c[c]ccc1. The Morgan fingerprint density at radius 1 is 1.38 bits per heavy atom. The Balaban J connectivity index is 2.58. The molecule has 1 aromatic carbocycles. The maximum atomic E-state index is 3.13. The Bertz CT molecular complexity index is 233. The van der Waals surface area contributed by atoms with E-state index in [-0.39, 0.29) is 0 Å². The van der Waals surface area contributed by atoms with Gasteiger partial charge in [-0.15, -0.1) is 0 Å². The summed E-state index contributed by atoms with van der Waals surface area (Å²) in [4.78, 5) is 0. The minimum absolute atomic E-state index is 0.434. The molecule has 0 saturated carbocycles. The van der Waals surface area contributed by atoms with Crippen molar-refractivity contribution in [3.8, 4) is 0 Å². The molecule has 0 N–H and O–H groups in total. The second-order valence-electron chi connectivity index (χ2n) is 4.50. The van der Waals surface area contributed by atoms with E-state index in [1.807, 2.05) is 6.07 Å². The summed E-state index contributed by atoms with van der Waals surface area (Å²) in [5.41, 5.74) is 1.84. The Kier molecular flexibility index (Phi) is 3.53. The summed E-state index contributed by atoms with van der Waals surface area (Å²) in [5, 5.41) is 0. The van der Waals surface area contributed by atoms with Crippen LogP contribution >= 0.6 is 0 Å². The van der Waals surface area contributed by atoms with E-state index in [0.29, 0.717) is 5.41 Å². The lowest BCUT2D eigenvalue weighted by Gasteiger charge is -2.23. The summed E-state index contributed by atoms with van der Waals surface area (Å²) in [6.07, 6.45) is 3.73.